The summed E-state index contributed by atoms with van der Waals surface area (Å²) < 4.78 is 22.7. The molecule has 2 rings (SSSR count). The normalized spacial score (nSPS) is 11.1. The van der Waals surface area contributed by atoms with Gasteiger partial charge in [-0.1, -0.05) is 30.3 Å². The Morgan fingerprint density at radius 1 is 1.05 bits per heavy atom. The van der Waals surface area contributed by atoms with Crippen molar-refractivity contribution in [2.45, 2.75) is 5.75 Å². The first-order valence-corrected chi connectivity index (χ1v) is 8.52. The highest BCUT2D eigenvalue weighted by Crippen LogP contribution is 2.16. The van der Waals surface area contributed by atoms with Crippen LogP contribution in [-0.2, 0) is 15.6 Å². The highest BCUT2D eigenvalue weighted by molar-refractivity contribution is 7.89. The Labute approximate surface area is 124 Å². The van der Waals surface area contributed by atoms with Crippen LogP contribution in [0.15, 0.2) is 54.6 Å². The summed E-state index contributed by atoms with van der Waals surface area (Å²) in [4.78, 5) is 14.0. The van der Waals surface area contributed by atoms with Gasteiger partial charge >= 0.3 is 0 Å². The van der Waals surface area contributed by atoms with Crippen LogP contribution in [0.2, 0.25) is 0 Å². The molecule has 0 saturated carbocycles. The molecule has 0 radical (unpaired) electrons. The molecule has 21 heavy (non-hydrogen) atoms. The number of para-hydroxylation sites is 1. The quantitative estimate of drug-likeness (QED) is 0.872. The van der Waals surface area contributed by atoms with Crippen molar-refractivity contribution in [3.63, 3.8) is 0 Å². The highest BCUT2D eigenvalue weighted by Gasteiger charge is 2.14. The van der Waals surface area contributed by atoms with Gasteiger partial charge in [0.15, 0.2) is 9.84 Å². The van der Waals surface area contributed by atoms with Crippen LogP contribution in [0.3, 0.4) is 0 Å². The molecule has 0 heterocycles. The van der Waals surface area contributed by atoms with Crippen LogP contribution in [0.4, 0.5) is 5.69 Å². The maximum atomic E-state index is 12.4. The van der Waals surface area contributed by atoms with Crippen LogP contribution < -0.4 is 4.90 Å². The Morgan fingerprint density at radius 2 is 1.71 bits per heavy atom. The molecule has 0 unspecified atom stereocenters. The second kappa shape index (κ2) is 6.10. The molecule has 2 aromatic rings. The topological polar surface area (TPSA) is 54.5 Å². The molecule has 0 aliphatic rings. The summed E-state index contributed by atoms with van der Waals surface area (Å²) in [6, 6.07) is 16.0. The second-order valence-corrected chi connectivity index (χ2v) is 7.11. The number of anilines is 1. The minimum absolute atomic E-state index is 0.0663. The van der Waals surface area contributed by atoms with Crippen molar-refractivity contribution >= 4 is 21.4 Å². The van der Waals surface area contributed by atoms with Crippen molar-refractivity contribution in [2.24, 2.45) is 0 Å². The van der Waals surface area contributed by atoms with E-state index < -0.39 is 9.84 Å². The van der Waals surface area contributed by atoms with Crippen LogP contribution in [0.5, 0.6) is 0 Å². The summed E-state index contributed by atoms with van der Waals surface area (Å²) in [5.74, 6) is -0.236. The molecule has 0 fully saturated rings. The molecule has 2 aromatic carbocycles. The van der Waals surface area contributed by atoms with Crippen LogP contribution >= 0.6 is 0 Å². The van der Waals surface area contributed by atoms with Gasteiger partial charge in [0.25, 0.3) is 5.91 Å². The molecule has 4 nitrogen and oxygen atoms in total. The van der Waals surface area contributed by atoms with Gasteiger partial charge in [-0.3, -0.25) is 4.79 Å². The van der Waals surface area contributed by atoms with E-state index in [1.54, 1.807) is 36.2 Å². The number of sulfone groups is 1. The number of amides is 1. The average Bonchev–Trinajstić information content (AvgIpc) is 2.45. The average molecular weight is 303 g/mol. The lowest BCUT2D eigenvalue weighted by molar-refractivity contribution is 0.0993. The minimum atomic E-state index is -3.12. The van der Waals surface area contributed by atoms with Gasteiger partial charge in [-0.15, -0.1) is 0 Å². The maximum absolute atomic E-state index is 12.4. The maximum Gasteiger partial charge on any atom is 0.258 e. The summed E-state index contributed by atoms with van der Waals surface area (Å²) in [6.45, 7) is 0. The zero-order chi connectivity index (χ0) is 15.5. The molecule has 0 saturated heterocycles. The Kier molecular flexibility index (Phi) is 4.43. The van der Waals surface area contributed by atoms with Gasteiger partial charge in [0.05, 0.1) is 5.75 Å². The Hall–Kier alpha value is -2.14. The summed E-state index contributed by atoms with van der Waals surface area (Å²) >= 11 is 0. The molecule has 0 aromatic heterocycles. The molecular weight excluding hydrogens is 286 g/mol. The van der Waals surface area contributed by atoms with E-state index in [0.29, 0.717) is 11.1 Å². The molecule has 0 bridgehead atoms. The van der Waals surface area contributed by atoms with Gasteiger partial charge < -0.3 is 4.90 Å². The number of rotatable bonds is 4. The van der Waals surface area contributed by atoms with Gasteiger partial charge in [0.1, 0.15) is 0 Å². The molecule has 5 heteroatoms. The standard InChI is InChI=1S/C16H17NO3S/c1-17(15-9-4-3-5-10-15)16(18)14-8-6-7-13(11-14)12-21(2,19)20/h3-11H,12H2,1-2H3. The van der Waals surface area contributed by atoms with Crippen molar-refractivity contribution in [3.8, 4) is 0 Å². The predicted molar refractivity (Wildman–Crippen MR) is 84.2 cm³/mol. The van der Waals surface area contributed by atoms with E-state index in [1.165, 1.54) is 6.26 Å². The van der Waals surface area contributed by atoms with E-state index in [9.17, 15) is 13.2 Å². The summed E-state index contributed by atoms with van der Waals surface area (Å²) in [5, 5.41) is 0. The molecule has 0 atom stereocenters. The molecule has 0 N–H and O–H groups in total. The van der Waals surface area contributed by atoms with Gasteiger partial charge in [0, 0.05) is 24.6 Å². The summed E-state index contributed by atoms with van der Waals surface area (Å²) in [7, 11) is -1.42. The number of hydrogen-bond donors (Lipinski definition) is 0. The molecule has 1 amide bonds. The fourth-order valence-corrected chi connectivity index (χ4v) is 2.84. The smallest absolute Gasteiger partial charge is 0.258 e. The minimum Gasteiger partial charge on any atom is -0.311 e. The summed E-state index contributed by atoms with van der Waals surface area (Å²) in [6.07, 6.45) is 1.18. The SMILES string of the molecule is CN(C(=O)c1cccc(CS(C)(=O)=O)c1)c1ccccc1. The number of nitrogens with zero attached hydrogens (tertiary/aromatic N) is 1. The molecule has 110 valence electrons. The van der Waals surface area contributed by atoms with Crippen LogP contribution in [0.25, 0.3) is 0 Å². The highest BCUT2D eigenvalue weighted by atomic mass is 32.2. The fraction of sp³-hybridized carbons (Fsp3) is 0.188. The molecule has 0 aliphatic heterocycles. The number of hydrogen-bond acceptors (Lipinski definition) is 3. The Morgan fingerprint density at radius 3 is 2.33 bits per heavy atom. The van der Waals surface area contributed by atoms with Gasteiger partial charge in [0.2, 0.25) is 0 Å². The third-order valence-corrected chi connectivity index (χ3v) is 3.91. The van der Waals surface area contributed by atoms with Crippen molar-refractivity contribution in [2.75, 3.05) is 18.2 Å². The largest absolute Gasteiger partial charge is 0.311 e. The van der Waals surface area contributed by atoms with E-state index in [2.05, 4.69) is 0 Å². The van der Waals surface area contributed by atoms with Crippen LogP contribution in [0, 0.1) is 0 Å². The Balaban J connectivity index is 2.26. The van der Waals surface area contributed by atoms with E-state index in [-0.39, 0.29) is 11.7 Å². The fourth-order valence-electron chi connectivity index (χ4n) is 2.06. The lowest BCUT2D eigenvalue weighted by Gasteiger charge is -2.17. The third-order valence-electron chi connectivity index (χ3n) is 3.05. The number of carbonyl (C=O) groups is 1. The lowest BCUT2D eigenvalue weighted by atomic mass is 10.1. The van der Waals surface area contributed by atoms with E-state index >= 15 is 0 Å². The van der Waals surface area contributed by atoms with Crippen LogP contribution in [0.1, 0.15) is 15.9 Å². The van der Waals surface area contributed by atoms with Crippen molar-refractivity contribution < 1.29 is 13.2 Å². The van der Waals surface area contributed by atoms with E-state index in [4.69, 9.17) is 0 Å². The predicted octanol–water partition coefficient (Wildman–Crippen LogP) is 2.51. The van der Waals surface area contributed by atoms with Gasteiger partial charge in [-0.2, -0.15) is 0 Å². The second-order valence-electron chi connectivity index (χ2n) is 4.97. The van der Waals surface area contributed by atoms with Crippen molar-refractivity contribution in [3.05, 3.63) is 65.7 Å². The third kappa shape index (κ3) is 4.16. The number of carbonyl (C=O) groups excluding carboxylic acids is 1. The summed E-state index contributed by atoms with van der Waals surface area (Å²) in [5.41, 5.74) is 1.88. The number of benzene rings is 2. The van der Waals surface area contributed by atoms with Crippen molar-refractivity contribution in [1.29, 1.82) is 0 Å². The lowest BCUT2D eigenvalue weighted by Crippen LogP contribution is -2.26. The molecule has 0 aliphatic carbocycles. The molecular formula is C16H17NO3S. The van der Waals surface area contributed by atoms with Gasteiger partial charge in [-0.05, 0) is 29.8 Å². The first-order valence-electron chi connectivity index (χ1n) is 6.46. The van der Waals surface area contributed by atoms with E-state index in [1.807, 2.05) is 30.3 Å². The Bertz CT molecular complexity index is 739. The van der Waals surface area contributed by atoms with Gasteiger partial charge in [-0.25, -0.2) is 8.42 Å². The van der Waals surface area contributed by atoms with E-state index in [0.717, 1.165) is 5.69 Å². The zero-order valence-electron chi connectivity index (χ0n) is 12.0. The van der Waals surface area contributed by atoms with Crippen molar-refractivity contribution in [1.82, 2.24) is 0 Å². The monoisotopic (exact) mass is 303 g/mol. The first-order chi connectivity index (χ1) is 9.87. The first kappa shape index (κ1) is 15.3. The zero-order valence-corrected chi connectivity index (χ0v) is 12.8. The van der Waals surface area contributed by atoms with Crippen LogP contribution in [-0.4, -0.2) is 27.6 Å². The molecule has 0 spiro atoms.